The summed E-state index contributed by atoms with van der Waals surface area (Å²) in [5.41, 5.74) is 3.24. The molecule has 0 unspecified atom stereocenters. The second-order valence-corrected chi connectivity index (χ2v) is 6.98. The number of methoxy groups -OCH3 is 1. The molecule has 0 aliphatic carbocycles. The highest BCUT2D eigenvalue weighted by Crippen LogP contribution is 2.34. The van der Waals surface area contributed by atoms with Gasteiger partial charge in [-0.15, -0.1) is 0 Å². The molecule has 0 N–H and O–H groups in total. The fraction of sp³-hybridized carbons (Fsp3) is 0.0435. The van der Waals surface area contributed by atoms with Gasteiger partial charge in [-0.25, -0.2) is 14.8 Å². The monoisotopic (exact) mass is 379 g/mol. The molecule has 4 heterocycles. The van der Waals surface area contributed by atoms with Gasteiger partial charge < -0.3 is 4.74 Å². The van der Waals surface area contributed by atoms with Crippen LogP contribution in [-0.4, -0.2) is 27.4 Å². The van der Waals surface area contributed by atoms with E-state index in [9.17, 15) is 9.59 Å². The van der Waals surface area contributed by atoms with E-state index in [4.69, 9.17) is 9.72 Å². The van der Waals surface area contributed by atoms with E-state index in [0.717, 1.165) is 27.2 Å². The van der Waals surface area contributed by atoms with E-state index < -0.39 is 5.97 Å². The molecule has 2 aromatic carbocycles. The molecule has 0 saturated carbocycles. The van der Waals surface area contributed by atoms with Crippen molar-refractivity contribution in [2.45, 2.75) is 0 Å². The van der Waals surface area contributed by atoms with Gasteiger partial charge in [0.25, 0.3) is 5.56 Å². The average molecular weight is 379 g/mol. The molecular formula is C23H13N3O3. The molecule has 4 aromatic heterocycles. The number of pyridine rings is 3. The van der Waals surface area contributed by atoms with E-state index in [2.05, 4.69) is 4.98 Å². The molecule has 0 saturated heterocycles. The number of esters is 1. The van der Waals surface area contributed by atoms with Crippen molar-refractivity contribution in [3.8, 4) is 0 Å². The van der Waals surface area contributed by atoms with Gasteiger partial charge in [-0.2, -0.15) is 0 Å². The van der Waals surface area contributed by atoms with Gasteiger partial charge in [0, 0.05) is 16.2 Å². The fourth-order valence-electron chi connectivity index (χ4n) is 4.15. The Balaban J connectivity index is 1.98. The SMILES string of the molecule is COC(=O)c1cc2c3ccccc3n3c(=O)c4cc5ccccc5nc4c(n1)c23. The van der Waals surface area contributed by atoms with E-state index in [1.54, 1.807) is 10.5 Å². The van der Waals surface area contributed by atoms with Gasteiger partial charge in [-0.3, -0.25) is 9.20 Å². The van der Waals surface area contributed by atoms with Gasteiger partial charge in [-0.1, -0.05) is 36.4 Å². The maximum Gasteiger partial charge on any atom is 0.356 e. The van der Waals surface area contributed by atoms with E-state index in [1.165, 1.54) is 7.11 Å². The van der Waals surface area contributed by atoms with Gasteiger partial charge in [0.15, 0.2) is 0 Å². The molecule has 0 atom stereocenters. The van der Waals surface area contributed by atoms with E-state index in [1.807, 2.05) is 54.6 Å². The normalized spacial score (nSPS) is 11.9. The van der Waals surface area contributed by atoms with Crippen molar-refractivity contribution in [1.82, 2.24) is 14.4 Å². The molecule has 138 valence electrons. The minimum absolute atomic E-state index is 0.149. The fourth-order valence-corrected chi connectivity index (χ4v) is 4.15. The minimum Gasteiger partial charge on any atom is -0.464 e. The lowest BCUT2D eigenvalue weighted by atomic mass is 10.1. The number of aromatic nitrogens is 3. The highest BCUT2D eigenvalue weighted by atomic mass is 16.5. The predicted octanol–water partition coefficient (Wildman–Crippen LogP) is 3.93. The molecule has 0 radical (unpaired) electrons. The number of para-hydroxylation sites is 2. The lowest BCUT2D eigenvalue weighted by Crippen LogP contribution is -2.15. The molecule has 0 spiro atoms. The number of rotatable bonds is 1. The van der Waals surface area contributed by atoms with Gasteiger partial charge >= 0.3 is 5.97 Å². The molecule has 0 aliphatic rings. The van der Waals surface area contributed by atoms with Gasteiger partial charge in [0.2, 0.25) is 0 Å². The first-order chi connectivity index (χ1) is 14.2. The van der Waals surface area contributed by atoms with Crippen LogP contribution in [0.1, 0.15) is 10.5 Å². The summed E-state index contributed by atoms with van der Waals surface area (Å²) in [6.07, 6.45) is 0. The van der Waals surface area contributed by atoms with Crippen molar-refractivity contribution in [1.29, 1.82) is 0 Å². The third-order valence-electron chi connectivity index (χ3n) is 5.43. The standard InChI is InChI=1S/C23H13N3O3/c1-29-23(28)17-11-14-13-7-3-5-9-18(13)26-21(14)20(25-17)19-15(22(26)27)10-12-6-2-4-8-16(12)24-19/h2-11H,1H3. The summed E-state index contributed by atoms with van der Waals surface area (Å²) in [5.74, 6) is -0.528. The van der Waals surface area contributed by atoms with Crippen LogP contribution in [0.3, 0.4) is 0 Å². The summed E-state index contributed by atoms with van der Waals surface area (Å²) in [6, 6.07) is 18.8. The zero-order valence-corrected chi connectivity index (χ0v) is 15.3. The van der Waals surface area contributed by atoms with Gasteiger partial charge in [0.05, 0.1) is 29.0 Å². The van der Waals surface area contributed by atoms with Crippen LogP contribution < -0.4 is 5.56 Å². The lowest BCUT2D eigenvalue weighted by molar-refractivity contribution is 0.0594. The zero-order chi connectivity index (χ0) is 19.7. The average Bonchev–Trinajstić information content (AvgIpc) is 3.10. The van der Waals surface area contributed by atoms with Crippen LogP contribution in [-0.2, 0) is 4.74 Å². The number of nitrogens with zero attached hydrogens (tertiary/aromatic N) is 3. The van der Waals surface area contributed by atoms with E-state index in [0.29, 0.717) is 21.9 Å². The molecule has 6 rings (SSSR count). The number of carbonyl (C=O) groups is 1. The highest BCUT2D eigenvalue weighted by Gasteiger charge is 2.22. The Labute approximate surface area is 163 Å². The molecule has 6 heteroatoms. The third kappa shape index (κ3) is 2.00. The Morgan fingerprint density at radius 1 is 0.897 bits per heavy atom. The molecule has 29 heavy (non-hydrogen) atoms. The summed E-state index contributed by atoms with van der Waals surface area (Å²) in [6.45, 7) is 0. The second-order valence-electron chi connectivity index (χ2n) is 6.98. The van der Waals surface area contributed by atoms with Crippen LogP contribution in [0.5, 0.6) is 0 Å². The van der Waals surface area contributed by atoms with E-state index >= 15 is 0 Å². The zero-order valence-electron chi connectivity index (χ0n) is 15.3. The lowest BCUT2D eigenvalue weighted by Gasteiger charge is -2.08. The number of ether oxygens (including phenoxy) is 1. The summed E-state index contributed by atoms with van der Waals surface area (Å²) < 4.78 is 6.58. The molecule has 0 aliphatic heterocycles. The van der Waals surface area contributed by atoms with Gasteiger partial charge in [0.1, 0.15) is 16.7 Å². The van der Waals surface area contributed by atoms with E-state index in [-0.39, 0.29) is 11.3 Å². The van der Waals surface area contributed by atoms with Crippen molar-refractivity contribution in [2.75, 3.05) is 7.11 Å². The Morgan fingerprint density at radius 3 is 2.55 bits per heavy atom. The second kappa shape index (κ2) is 5.48. The van der Waals surface area contributed by atoms with Crippen molar-refractivity contribution in [2.24, 2.45) is 0 Å². The summed E-state index contributed by atoms with van der Waals surface area (Å²) in [7, 11) is 1.33. The maximum absolute atomic E-state index is 13.5. The Bertz CT molecular complexity index is 1680. The molecular weight excluding hydrogens is 366 g/mol. The first-order valence-electron chi connectivity index (χ1n) is 9.15. The van der Waals surface area contributed by atoms with Crippen LogP contribution in [0.4, 0.5) is 0 Å². The van der Waals surface area contributed by atoms with Crippen molar-refractivity contribution in [3.05, 3.63) is 76.7 Å². The number of hydrogen-bond acceptors (Lipinski definition) is 5. The molecule has 6 nitrogen and oxygen atoms in total. The Hall–Kier alpha value is -4.06. The quantitative estimate of drug-likeness (QED) is 0.246. The van der Waals surface area contributed by atoms with Crippen LogP contribution in [0.2, 0.25) is 0 Å². The maximum atomic E-state index is 13.5. The number of carbonyl (C=O) groups excluding carboxylic acids is 1. The van der Waals surface area contributed by atoms with Crippen molar-refractivity contribution < 1.29 is 9.53 Å². The first kappa shape index (κ1) is 15.9. The number of benzene rings is 2. The van der Waals surface area contributed by atoms with Crippen molar-refractivity contribution >= 4 is 55.1 Å². The van der Waals surface area contributed by atoms with Crippen LogP contribution in [0.15, 0.2) is 65.5 Å². The molecule has 0 fully saturated rings. The van der Waals surface area contributed by atoms with Crippen molar-refractivity contribution in [3.63, 3.8) is 0 Å². The number of fused-ring (bicyclic) bond motifs is 6. The molecule has 0 amide bonds. The topological polar surface area (TPSA) is 73.6 Å². The smallest absolute Gasteiger partial charge is 0.356 e. The summed E-state index contributed by atoms with van der Waals surface area (Å²) in [5, 5.41) is 3.00. The summed E-state index contributed by atoms with van der Waals surface area (Å²) in [4.78, 5) is 35.1. The molecule has 0 bridgehead atoms. The Morgan fingerprint density at radius 2 is 1.69 bits per heavy atom. The highest BCUT2D eigenvalue weighted by molar-refractivity contribution is 6.20. The third-order valence-corrected chi connectivity index (χ3v) is 5.43. The van der Waals surface area contributed by atoms with Crippen LogP contribution in [0.25, 0.3) is 49.1 Å². The van der Waals surface area contributed by atoms with Crippen LogP contribution in [0, 0.1) is 0 Å². The Kier molecular flexibility index (Phi) is 3.01. The largest absolute Gasteiger partial charge is 0.464 e. The minimum atomic E-state index is -0.528. The molecule has 6 aromatic rings. The van der Waals surface area contributed by atoms with Gasteiger partial charge in [-0.05, 0) is 24.3 Å². The summed E-state index contributed by atoms with van der Waals surface area (Å²) >= 11 is 0. The first-order valence-corrected chi connectivity index (χ1v) is 9.15. The van der Waals surface area contributed by atoms with Crippen LogP contribution >= 0.6 is 0 Å². The number of hydrogen-bond donors (Lipinski definition) is 0. The predicted molar refractivity (Wildman–Crippen MR) is 112 cm³/mol.